The number of unbranched alkanes of at least 4 members (excludes halogenated alkanes) is 3. The van der Waals surface area contributed by atoms with Crippen molar-refractivity contribution in [2.45, 2.75) is 46.0 Å². The number of hydrogen-bond acceptors (Lipinski definition) is 2. The van der Waals surface area contributed by atoms with Gasteiger partial charge < -0.3 is 10.4 Å². The maximum absolute atomic E-state index is 12.1. The molecule has 1 aromatic carbocycles. The number of carbonyl (C=O) groups is 2. The lowest BCUT2D eigenvalue weighted by atomic mass is 10.0. The largest absolute Gasteiger partial charge is 0.481 e. The van der Waals surface area contributed by atoms with E-state index >= 15 is 0 Å². The second-order valence-corrected chi connectivity index (χ2v) is 5.08. The molecule has 110 valence electrons. The van der Waals surface area contributed by atoms with Crippen molar-refractivity contribution in [3.63, 3.8) is 0 Å². The Morgan fingerprint density at radius 2 is 1.65 bits per heavy atom. The lowest BCUT2D eigenvalue weighted by Crippen LogP contribution is -2.26. The number of aryl methyl sites for hydroxylation is 2. The molecule has 1 rings (SSSR count). The first kappa shape index (κ1) is 16.2. The molecule has 4 heteroatoms. The highest BCUT2D eigenvalue weighted by molar-refractivity contribution is 5.97. The number of nitrogens with one attached hydrogen (secondary N) is 1. The van der Waals surface area contributed by atoms with Crippen LogP contribution in [0.4, 0.5) is 0 Å². The third kappa shape index (κ3) is 5.43. The van der Waals surface area contributed by atoms with Crippen molar-refractivity contribution in [2.24, 2.45) is 0 Å². The molecule has 20 heavy (non-hydrogen) atoms. The van der Waals surface area contributed by atoms with Gasteiger partial charge in [-0.25, -0.2) is 0 Å². The number of benzene rings is 1. The Bertz CT molecular complexity index is 449. The third-order valence-electron chi connectivity index (χ3n) is 3.31. The van der Waals surface area contributed by atoms with Crippen molar-refractivity contribution in [3.8, 4) is 0 Å². The van der Waals surface area contributed by atoms with Crippen LogP contribution in [0.5, 0.6) is 0 Å². The van der Waals surface area contributed by atoms with Gasteiger partial charge in [-0.3, -0.25) is 9.59 Å². The summed E-state index contributed by atoms with van der Waals surface area (Å²) in [5.74, 6) is -0.764. The minimum absolute atomic E-state index is 0.0221. The zero-order valence-corrected chi connectivity index (χ0v) is 12.2. The molecule has 2 N–H and O–H groups in total. The van der Waals surface area contributed by atoms with Gasteiger partial charge in [-0.2, -0.15) is 0 Å². The Balaban J connectivity index is 2.25. The highest BCUT2D eigenvalue weighted by atomic mass is 16.4. The van der Waals surface area contributed by atoms with Gasteiger partial charge in [-0.15, -0.1) is 0 Å². The summed E-state index contributed by atoms with van der Waals surface area (Å²) in [6, 6.07) is 5.82. The maximum Gasteiger partial charge on any atom is 0.303 e. The first-order valence-electron chi connectivity index (χ1n) is 7.08. The average molecular weight is 277 g/mol. The monoisotopic (exact) mass is 277 g/mol. The van der Waals surface area contributed by atoms with Crippen molar-refractivity contribution < 1.29 is 14.7 Å². The van der Waals surface area contributed by atoms with E-state index in [0.29, 0.717) is 13.0 Å². The van der Waals surface area contributed by atoms with Gasteiger partial charge in [-0.05, 0) is 37.8 Å². The Labute approximate surface area is 120 Å². The fraction of sp³-hybridized carbons (Fsp3) is 0.500. The Kier molecular flexibility index (Phi) is 6.77. The Morgan fingerprint density at radius 1 is 1.05 bits per heavy atom. The molecule has 0 bridgehead atoms. The standard InChI is InChI=1S/C16H23NO3/c1-12-8-7-9-13(2)15(12)16(20)17-11-6-4-3-5-10-14(18)19/h7-9H,3-6,10-11H2,1-2H3,(H,17,20)(H,18,19). The van der Waals surface area contributed by atoms with Gasteiger partial charge in [0.25, 0.3) is 5.91 Å². The van der Waals surface area contributed by atoms with E-state index in [0.717, 1.165) is 36.0 Å². The number of amides is 1. The molecule has 0 atom stereocenters. The van der Waals surface area contributed by atoms with E-state index in [1.165, 1.54) is 0 Å². The van der Waals surface area contributed by atoms with Crippen molar-refractivity contribution in [1.82, 2.24) is 5.32 Å². The van der Waals surface area contributed by atoms with Gasteiger partial charge in [-0.1, -0.05) is 31.0 Å². The second kappa shape index (κ2) is 8.35. The van der Waals surface area contributed by atoms with E-state index in [9.17, 15) is 9.59 Å². The fourth-order valence-electron chi connectivity index (χ4n) is 2.22. The molecule has 0 aliphatic heterocycles. The molecule has 1 amide bonds. The first-order valence-corrected chi connectivity index (χ1v) is 7.08. The molecule has 0 radical (unpaired) electrons. The molecule has 0 saturated heterocycles. The number of carboxylic acid groups (broad SMARTS) is 1. The maximum atomic E-state index is 12.1. The van der Waals surface area contributed by atoms with Gasteiger partial charge in [0.1, 0.15) is 0 Å². The molecule has 0 saturated carbocycles. The molecule has 0 heterocycles. The van der Waals surface area contributed by atoms with Crippen LogP contribution in [0.1, 0.15) is 53.6 Å². The molecule has 0 fully saturated rings. The lowest BCUT2D eigenvalue weighted by molar-refractivity contribution is -0.137. The minimum Gasteiger partial charge on any atom is -0.481 e. The second-order valence-electron chi connectivity index (χ2n) is 5.08. The van der Waals surface area contributed by atoms with Crippen LogP contribution in [0.3, 0.4) is 0 Å². The van der Waals surface area contributed by atoms with E-state index in [1.807, 2.05) is 32.0 Å². The first-order chi connectivity index (χ1) is 9.52. The van der Waals surface area contributed by atoms with Gasteiger partial charge in [0.15, 0.2) is 0 Å². The summed E-state index contributed by atoms with van der Waals surface area (Å²) < 4.78 is 0. The molecule has 0 aliphatic carbocycles. The summed E-state index contributed by atoms with van der Waals surface area (Å²) in [6.45, 7) is 4.52. The summed E-state index contributed by atoms with van der Waals surface area (Å²) in [5, 5.41) is 11.4. The number of rotatable bonds is 8. The quantitative estimate of drug-likeness (QED) is 0.718. The molecule has 0 aromatic heterocycles. The van der Waals surface area contributed by atoms with Gasteiger partial charge in [0.2, 0.25) is 0 Å². The van der Waals surface area contributed by atoms with Gasteiger partial charge >= 0.3 is 5.97 Å². The van der Waals surface area contributed by atoms with E-state index in [2.05, 4.69) is 5.32 Å². The topological polar surface area (TPSA) is 66.4 Å². The summed E-state index contributed by atoms with van der Waals surface area (Å²) in [6.07, 6.45) is 3.66. The van der Waals surface area contributed by atoms with E-state index < -0.39 is 5.97 Å². The molecular weight excluding hydrogens is 254 g/mol. The van der Waals surface area contributed by atoms with Crippen molar-refractivity contribution in [3.05, 3.63) is 34.9 Å². The molecular formula is C16H23NO3. The number of aliphatic carboxylic acids is 1. The number of carboxylic acids is 1. The average Bonchev–Trinajstić information content (AvgIpc) is 2.37. The van der Waals surface area contributed by atoms with Crippen LogP contribution in [0.2, 0.25) is 0 Å². The predicted octanol–water partition coefficient (Wildman–Crippen LogP) is 3.07. The summed E-state index contributed by atoms with van der Waals surface area (Å²) in [7, 11) is 0. The van der Waals surface area contributed by atoms with Gasteiger partial charge in [0.05, 0.1) is 0 Å². The minimum atomic E-state index is -0.742. The highest BCUT2D eigenvalue weighted by Gasteiger charge is 2.10. The Morgan fingerprint density at radius 3 is 2.25 bits per heavy atom. The van der Waals surface area contributed by atoms with Crippen molar-refractivity contribution in [1.29, 1.82) is 0 Å². The summed E-state index contributed by atoms with van der Waals surface area (Å²) in [5.41, 5.74) is 2.74. The molecule has 0 aliphatic rings. The van der Waals surface area contributed by atoms with E-state index in [1.54, 1.807) is 0 Å². The molecule has 0 unspecified atom stereocenters. The van der Waals surface area contributed by atoms with Crippen LogP contribution < -0.4 is 5.32 Å². The molecule has 0 spiro atoms. The zero-order valence-electron chi connectivity index (χ0n) is 12.2. The van der Waals surface area contributed by atoms with E-state index in [4.69, 9.17) is 5.11 Å². The van der Waals surface area contributed by atoms with Crippen molar-refractivity contribution >= 4 is 11.9 Å². The van der Waals surface area contributed by atoms with E-state index in [-0.39, 0.29) is 12.3 Å². The summed E-state index contributed by atoms with van der Waals surface area (Å²) in [4.78, 5) is 22.4. The zero-order chi connectivity index (χ0) is 15.0. The van der Waals surface area contributed by atoms with Gasteiger partial charge in [0, 0.05) is 18.5 Å². The fourth-order valence-corrected chi connectivity index (χ4v) is 2.22. The highest BCUT2D eigenvalue weighted by Crippen LogP contribution is 2.13. The lowest BCUT2D eigenvalue weighted by Gasteiger charge is -2.10. The SMILES string of the molecule is Cc1cccc(C)c1C(=O)NCCCCCCC(=O)O. The number of carbonyl (C=O) groups excluding carboxylic acids is 1. The summed E-state index contributed by atoms with van der Waals surface area (Å²) >= 11 is 0. The van der Waals surface area contributed by atoms with Crippen LogP contribution in [0.25, 0.3) is 0 Å². The van der Waals surface area contributed by atoms with Crippen LogP contribution in [0, 0.1) is 13.8 Å². The third-order valence-corrected chi connectivity index (χ3v) is 3.31. The van der Waals surface area contributed by atoms with Crippen LogP contribution in [-0.2, 0) is 4.79 Å². The normalized spacial score (nSPS) is 10.3. The molecule has 1 aromatic rings. The van der Waals surface area contributed by atoms with Crippen molar-refractivity contribution in [2.75, 3.05) is 6.54 Å². The van der Waals surface area contributed by atoms with Crippen LogP contribution >= 0.6 is 0 Å². The smallest absolute Gasteiger partial charge is 0.303 e. The van der Waals surface area contributed by atoms with Crippen LogP contribution in [-0.4, -0.2) is 23.5 Å². The van der Waals surface area contributed by atoms with Crippen LogP contribution in [0.15, 0.2) is 18.2 Å². The predicted molar refractivity (Wildman–Crippen MR) is 79.0 cm³/mol. The molecule has 4 nitrogen and oxygen atoms in total. The number of hydrogen-bond donors (Lipinski definition) is 2. The Hall–Kier alpha value is -1.84.